The van der Waals surface area contributed by atoms with E-state index >= 15 is 0 Å². The van der Waals surface area contributed by atoms with Crippen LogP contribution in [0.2, 0.25) is 0 Å². The van der Waals surface area contributed by atoms with Gasteiger partial charge in [-0.25, -0.2) is 0 Å². The molecule has 0 aliphatic heterocycles. The Kier molecular flexibility index (Phi) is 8.40. The molecule has 1 rings (SSSR count). The summed E-state index contributed by atoms with van der Waals surface area (Å²) in [5, 5.41) is 3.52. The van der Waals surface area contributed by atoms with Crippen molar-refractivity contribution in [3.63, 3.8) is 0 Å². The van der Waals surface area contributed by atoms with Crippen LogP contribution in [0, 0.1) is 12.8 Å². The van der Waals surface area contributed by atoms with Crippen molar-refractivity contribution in [2.75, 3.05) is 33.9 Å². The molecule has 0 radical (unpaired) electrons. The molecule has 1 N–H and O–H groups in total. The molecule has 0 fully saturated rings. The van der Waals surface area contributed by atoms with Gasteiger partial charge in [-0.15, -0.1) is 0 Å². The number of benzene rings is 1. The van der Waals surface area contributed by atoms with Crippen LogP contribution >= 0.6 is 0 Å². The largest absolute Gasteiger partial charge is 0.496 e. The van der Waals surface area contributed by atoms with Crippen LogP contribution in [0.1, 0.15) is 43.7 Å². The SMILES string of the molecule is CCC(CC)C(CNCCOC)c1cc(C)ccc1OC. The molecule has 0 aliphatic rings. The predicted molar refractivity (Wildman–Crippen MR) is 89.3 cm³/mol. The average molecular weight is 293 g/mol. The molecule has 3 nitrogen and oxygen atoms in total. The molecule has 0 spiro atoms. The van der Waals surface area contributed by atoms with E-state index in [4.69, 9.17) is 9.47 Å². The first-order chi connectivity index (χ1) is 10.2. The van der Waals surface area contributed by atoms with Crippen LogP contribution in [0.15, 0.2) is 18.2 Å². The van der Waals surface area contributed by atoms with Gasteiger partial charge in [0.25, 0.3) is 0 Å². The Morgan fingerprint density at radius 1 is 1.14 bits per heavy atom. The summed E-state index contributed by atoms with van der Waals surface area (Å²) in [6, 6.07) is 6.49. The first-order valence-corrected chi connectivity index (χ1v) is 8.02. The van der Waals surface area contributed by atoms with Crippen LogP contribution in [0.5, 0.6) is 5.75 Å². The van der Waals surface area contributed by atoms with Crippen LogP contribution in [-0.2, 0) is 4.74 Å². The topological polar surface area (TPSA) is 30.5 Å². The molecule has 1 aromatic rings. The van der Waals surface area contributed by atoms with Gasteiger partial charge in [0.2, 0.25) is 0 Å². The molecule has 0 heterocycles. The smallest absolute Gasteiger partial charge is 0.122 e. The maximum Gasteiger partial charge on any atom is 0.122 e. The third kappa shape index (κ3) is 5.33. The molecule has 0 bridgehead atoms. The summed E-state index contributed by atoms with van der Waals surface area (Å²) in [6.07, 6.45) is 2.37. The van der Waals surface area contributed by atoms with Gasteiger partial charge in [-0.05, 0) is 24.5 Å². The van der Waals surface area contributed by atoms with Gasteiger partial charge in [0, 0.05) is 26.1 Å². The zero-order valence-corrected chi connectivity index (χ0v) is 14.2. The minimum absolute atomic E-state index is 0.478. The summed E-state index contributed by atoms with van der Waals surface area (Å²) in [6.45, 7) is 9.31. The highest BCUT2D eigenvalue weighted by molar-refractivity contribution is 5.40. The number of hydrogen-bond acceptors (Lipinski definition) is 3. The lowest BCUT2D eigenvalue weighted by Crippen LogP contribution is -2.29. The van der Waals surface area contributed by atoms with Crippen molar-refractivity contribution in [2.24, 2.45) is 5.92 Å². The lowest BCUT2D eigenvalue weighted by Gasteiger charge is -2.28. The molecular formula is C18H31NO2. The molecule has 1 atom stereocenters. The van der Waals surface area contributed by atoms with Gasteiger partial charge in [-0.1, -0.05) is 44.4 Å². The van der Waals surface area contributed by atoms with E-state index in [1.165, 1.54) is 24.0 Å². The maximum absolute atomic E-state index is 5.60. The minimum Gasteiger partial charge on any atom is -0.496 e. The Bertz CT molecular complexity index is 402. The summed E-state index contributed by atoms with van der Waals surface area (Å²) in [4.78, 5) is 0. The second-order valence-electron chi connectivity index (χ2n) is 5.63. The summed E-state index contributed by atoms with van der Waals surface area (Å²) in [5.41, 5.74) is 2.62. The van der Waals surface area contributed by atoms with Crippen LogP contribution in [0.25, 0.3) is 0 Å². The Morgan fingerprint density at radius 3 is 2.43 bits per heavy atom. The van der Waals surface area contributed by atoms with Crippen molar-refractivity contribution >= 4 is 0 Å². The summed E-state index contributed by atoms with van der Waals surface area (Å²) >= 11 is 0. The van der Waals surface area contributed by atoms with Crippen molar-refractivity contribution in [2.45, 2.75) is 39.5 Å². The van der Waals surface area contributed by atoms with E-state index in [-0.39, 0.29) is 0 Å². The van der Waals surface area contributed by atoms with E-state index in [0.717, 1.165) is 25.4 Å². The third-order valence-electron chi connectivity index (χ3n) is 4.25. The van der Waals surface area contributed by atoms with Crippen LogP contribution < -0.4 is 10.1 Å². The number of ether oxygens (including phenoxy) is 2. The highest BCUT2D eigenvalue weighted by atomic mass is 16.5. The van der Waals surface area contributed by atoms with E-state index < -0.39 is 0 Å². The van der Waals surface area contributed by atoms with Crippen molar-refractivity contribution in [1.29, 1.82) is 0 Å². The Balaban J connectivity index is 2.96. The second-order valence-corrected chi connectivity index (χ2v) is 5.63. The number of rotatable bonds is 10. The third-order valence-corrected chi connectivity index (χ3v) is 4.25. The van der Waals surface area contributed by atoms with Crippen molar-refractivity contribution in [3.05, 3.63) is 29.3 Å². The van der Waals surface area contributed by atoms with Crippen molar-refractivity contribution in [1.82, 2.24) is 5.32 Å². The number of hydrogen-bond donors (Lipinski definition) is 1. The average Bonchev–Trinajstić information content (AvgIpc) is 2.50. The molecule has 0 amide bonds. The highest BCUT2D eigenvalue weighted by Crippen LogP contribution is 2.35. The summed E-state index contributed by atoms with van der Waals surface area (Å²) < 4.78 is 10.7. The Hall–Kier alpha value is -1.06. The number of methoxy groups -OCH3 is 2. The van der Waals surface area contributed by atoms with Gasteiger partial charge >= 0.3 is 0 Å². The fourth-order valence-corrected chi connectivity index (χ4v) is 2.96. The Morgan fingerprint density at radius 2 is 1.86 bits per heavy atom. The zero-order chi connectivity index (χ0) is 15.7. The second kappa shape index (κ2) is 9.80. The molecule has 120 valence electrons. The molecule has 1 aromatic carbocycles. The molecule has 0 saturated carbocycles. The van der Waals surface area contributed by atoms with Gasteiger partial charge in [-0.3, -0.25) is 0 Å². The summed E-state index contributed by atoms with van der Waals surface area (Å²) in [7, 11) is 3.50. The molecule has 0 aromatic heterocycles. The lowest BCUT2D eigenvalue weighted by atomic mass is 9.81. The van der Waals surface area contributed by atoms with Crippen LogP contribution in [0.4, 0.5) is 0 Å². The van der Waals surface area contributed by atoms with Crippen LogP contribution in [-0.4, -0.2) is 33.9 Å². The molecular weight excluding hydrogens is 262 g/mol. The molecule has 1 unspecified atom stereocenters. The normalized spacial score (nSPS) is 12.7. The molecule has 0 saturated heterocycles. The Labute approximate surface area is 130 Å². The number of aryl methyl sites for hydroxylation is 1. The number of nitrogens with one attached hydrogen (secondary N) is 1. The molecule has 21 heavy (non-hydrogen) atoms. The first kappa shape index (κ1) is 18.0. The fourth-order valence-electron chi connectivity index (χ4n) is 2.96. The standard InChI is InChI=1S/C18H31NO2/c1-6-15(7-2)17(13-19-10-11-20-4)16-12-14(3)8-9-18(16)21-5/h8-9,12,15,17,19H,6-7,10-11,13H2,1-5H3. The van der Waals surface area contributed by atoms with Crippen LogP contribution in [0.3, 0.4) is 0 Å². The van der Waals surface area contributed by atoms with Crippen molar-refractivity contribution in [3.8, 4) is 5.75 Å². The van der Waals surface area contributed by atoms with Gasteiger partial charge in [0.05, 0.1) is 13.7 Å². The predicted octanol–water partition coefficient (Wildman–Crippen LogP) is 3.76. The van der Waals surface area contributed by atoms with E-state index in [1.54, 1.807) is 14.2 Å². The lowest BCUT2D eigenvalue weighted by molar-refractivity contribution is 0.197. The van der Waals surface area contributed by atoms with Gasteiger partial charge in [0.15, 0.2) is 0 Å². The van der Waals surface area contributed by atoms with E-state index in [9.17, 15) is 0 Å². The fraction of sp³-hybridized carbons (Fsp3) is 0.667. The highest BCUT2D eigenvalue weighted by Gasteiger charge is 2.23. The minimum atomic E-state index is 0.478. The monoisotopic (exact) mass is 293 g/mol. The summed E-state index contributed by atoms with van der Waals surface area (Å²) in [5.74, 6) is 2.15. The quantitative estimate of drug-likeness (QED) is 0.666. The van der Waals surface area contributed by atoms with Crippen molar-refractivity contribution < 1.29 is 9.47 Å². The van der Waals surface area contributed by atoms with E-state index in [2.05, 4.69) is 44.3 Å². The molecule has 0 aliphatic carbocycles. The van der Waals surface area contributed by atoms with Gasteiger partial charge in [0.1, 0.15) is 5.75 Å². The zero-order valence-electron chi connectivity index (χ0n) is 14.2. The maximum atomic E-state index is 5.60. The molecule has 3 heteroatoms. The van der Waals surface area contributed by atoms with Gasteiger partial charge < -0.3 is 14.8 Å². The first-order valence-electron chi connectivity index (χ1n) is 8.02. The van der Waals surface area contributed by atoms with Gasteiger partial charge in [-0.2, -0.15) is 0 Å². The van der Waals surface area contributed by atoms with E-state index in [1.807, 2.05) is 0 Å². The van der Waals surface area contributed by atoms with E-state index in [0.29, 0.717) is 11.8 Å².